The molecule has 1 fully saturated rings. The molecule has 1 heterocycles. The summed E-state index contributed by atoms with van der Waals surface area (Å²) in [5.41, 5.74) is 4.99. The van der Waals surface area contributed by atoms with E-state index in [0.29, 0.717) is 0 Å². The number of carbonyl (C=O) groups excluding carboxylic acids is 1. The number of amides is 1. The van der Waals surface area contributed by atoms with Gasteiger partial charge in [-0.05, 0) is 81.1 Å². The van der Waals surface area contributed by atoms with Gasteiger partial charge in [0.25, 0.3) is 0 Å². The average molecular weight is 385 g/mol. The molecule has 1 N–H and O–H groups in total. The van der Waals surface area contributed by atoms with Crippen LogP contribution >= 0.6 is 11.6 Å². The van der Waals surface area contributed by atoms with Crippen molar-refractivity contribution >= 4 is 17.5 Å². The topological polar surface area (TPSA) is 32.3 Å². The summed E-state index contributed by atoms with van der Waals surface area (Å²) in [4.78, 5) is 15.1. The number of aryl methyl sites for hydroxylation is 2. The summed E-state index contributed by atoms with van der Waals surface area (Å²) in [6.45, 7) is 9.13. The molecular formula is C23H29ClN2O. The third kappa shape index (κ3) is 5.33. The van der Waals surface area contributed by atoms with E-state index in [1.165, 1.54) is 22.3 Å². The van der Waals surface area contributed by atoms with Crippen molar-refractivity contribution in [1.82, 2.24) is 10.2 Å². The van der Waals surface area contributed by atoms with E-state index in [1.807, 2.05) is 12.1 Å². The smallest absolute Gasteiger partial charge is 0.223 e. The van der Waals surface area contributed by atoms with Gasteiger partial charge in [0.15, 0.2) is 0 Å². The van der Waals surface area contributed by atoms with E-state index in [-0.39, 0.29) is 17.9 Å². The molecule has 0 radical (unpaired) electrons. The van der Waals surface area contributed by atoms with Gasteiger partial charge in [0.1, 0.15) is 0 Å². The second-order valence-electron chi connectivity index (χ2n) is 7.75. The Labute approximate surface area is 167 Å². The van der Waals surface area contributed by atoms with Gasteiger partial charge in [-0.3, -0.25) is 9.69 Å². The van der Waals surface area contributed by atoms with Crippen molar-refractivity contribution in [2.45, 2.75) is 46.2 Å². The normalized spacial score (nSPS) is 16.9. The minimum absolute atomic E-state index is 0.0453. The van der Waals surface area contributed by atoms with Gasteiger partial charge in [-0.25, -0.2) is 0 Å². The summed E-state index contributed by atoms with van der Waals surface area (Å²) in [5.74, 6) is 0.298. The first-order valence-corrected chi connectivity index (χ1v) is 10.1. The van der Waals surface area contributed by atoms with Crippen LogP contribution in [-0.4, -0.2) is 23.9 Å². The lowest BCUT2D eigenvalue weighted by Crippen LogP contribution is -2.40. The Morgan fingerprint density at radius 3 is 2.41 bits per heavy atom. The zero-order chi connectivity index (χ0) is 19.4. The van der Waals surface area contributed by atoms with Gasteiger partial charge in [0.05, 0.1) is 6.04 Å². The van der Waals surface area contributed by atoms with Crippen LogP contribution in [0.3, 0.4) is 0 Å². The van der Waals surface area contributed by atoms with Crippen molar-refractivity contribution in [2.24, 2.45) is 5.92 Å². The summed E-state index contributed by atoms with van der Waals surface area (Å²) in [7, 11) is 0. The van der Waals surface area contributed by atoms with Crippen LogP contribution < -0.4 is 5.32 Å². The van der Waals surface area contributed by atoms with Gasteiger partial charge in [-0.15, -0.1) is 0 Å². The molecule has 1 amide bonds. The van der Waals surface area contributed by atoms with Gasteiger partial charge in [-0.1, -0.05) is 41.9 Å². The molecule has 0 saturated carbocycles. The Morgan fingerprint density at radius 1 is 1.11 bits per heavy atom. The van der Waals surface area contributed by atoms with E-state index >= 15 is 0 Å². The van der Waals surface area contributed by atoms with Crippen LogP contribution in [0.2, 0.25) is 5.02 Å². The van der Waals surface area contributed by atoms with E-state index in [4.69, 9.17) is 11.6 Å². The quantitative estimate of drug-likeness (QED) is 0.782. The van der Waals surface area contributed by atoms with Gasteiger partial charge in [-0.2, -0.15) is 0 Å². The first-order chi connectivity index (χ1) is 12.9. The molecule has 3 nitrogen and oxygen atoms in total. The summed E-state index contributed by atoms with van der Waals surface area (Å²) in [6, 6.07) is 14.5. The second-order valence-corrected chi connectivity index (χ2v) is 8.19. The predicted octanol–water partition coefficient (Wildman–Crippen LogP) is 5.05. The Kier molecular flexibility index (Phi) is 6.56. The maximum absolute atomic E-state index is 12.7. The maximum atomic E-state index is 12.7. The Balaban J connectivity index is 1.49. The first kappa shape index (κ1) is 19.9. The fourth-order valence-electron chi connectivity index (χ4n) is 3.65. The lowest BCUT2D eigenvalue weighted by Gasteiger charge is -2.32. The average Bonchev–Trinajstić information content (AvgIpc) is 2.66. The van der Waals surface area contributed by atoms with Crippen LogP contribution in [0.25, 0.3) is 0 Å². The van der Waals surface area contributed by atoms with Gasteiger partial charge < -0.3 is 5.32 Å². The predicted molar refractivity (Wildman–Crippen MR) is 112 cm³/mol. The van der Waals surface area contributed by atoms with Crippen molar-refractivity contribution < 1.29 is 4.79 Å². The van der Waals surface area contributed by atoms with Crippen LogP contribution in [0.5, 0.6) is 0 Å². The molecule has 0 bridgehead atoms. The van der Waals surface area contributed by atoms with Crippen molar-refractivity contribution in [3.05, 3.63) is 69.7 Å². The largest absolute Gasteiger partial charge is 0.349 e. The molecule has 2 aromatic carbocycles. The number of likely N-dealkylation sites (tertiary alicyclic amines) is 1. The Bertz CT molecular complexity index is 779. The fraction of sp³-hybridized carbons (Fsp3) is 0.435. The first-order valence-electron chi connectivity index (χ1n) is 9.76. The number of rotatable bonds is 5. The van der Waals surface area contributed by atoms with Crippen LogP contribution in [-0.2, 0) is 11.3 Å². The molecule has 27 heavy (non-hydrogen) atoms. The van der Waals surface area contributed by atoms with Gasteiger partial charge >= 0.3 is 0 Å². The third-order valence-electron chi connectivity index (χ3n) is 5.67. The molecule has 3 rings (SSSR count). The SMILES string of the molecule is Cc1ccc([C@H](C)NC(=O)C2CCN(Cc3ccc(Cl)cc3)CC2)cc1C. The molecule has 0 unspecified atom stereocenters. The molecule has 2 aromatic rings. The lowest BCUT2D eigenvalue weighted by molar-refractivity contribution is -0.127. The molecular weight excluding hydrogens is 356 g/mol. The third-order valence-corrected chi connectivity index (χ3v) is 5.92. The number of carbonyl (C=O) groups is 1. The zero-order valence-corrected chi connectivity index (χ0v) is 17.2. The number of hydrogen-bond donors (Lipinski definition) is 1. The number of halogens is 1. The van der Waals surface area contributed by atoms with Gasteiger partial charge in [0.2, 0.25) is 5.91 Å². The highest BCUT2D eigenvalue weighted by Crippen LogP contribution is 2.22. The highest BCUT2D eigenvalue weighted by molar-refractivity contribution is 6.30. The molecule has 1 aliphatic rings. The summed E-state index contributed by atoms with van der Waals surface area (Å²) in [6.07, 6.45) is 1.83. The van der Waals surface area contributed by atoms with E-state index < -0.39 is 0 Å². The zero-order valence-electron chi connectivity index (χ0n) is 16.5. The molecule has 0 aromatic heterocycles. The highest BCUT2D eigenvalue weighted by atomic mass is 35.5. The number of hydrogen-bond acceptors (Lipinski definition) is 2. The minimum atomic E-state index is 0.0453. The molecule has 4 heteroatoms. The van der Waals surface area contributed by atoms with Crippen molar-refractivity contribution in [3.8, 4) is 0 Å². The molecule has 144 valence electrons. The van der Waals surface area contributed by atoms with Crippen LogP contribution in [0.4, 0.5) is 0 Å². The lowest BCUT2D eigenvalue weighted by atomic mass is 9.94. The van der Waals surface area contributed by atoms with Crippen molar-refractivity contribution in [1.29, 1.82) is 0 Å². The van der Waals surface area contributed by atoms with E-state index in [9.17, 15) is 4.79 Å². The summed E-state index contributed by atoms with van der Waals surface area (Å²) < 4.78 is 0. The Morgan fingerprint density at radius 2 is 1.78 bits per heavy atom. The molecule has 1 atom stereocenters. The van der Waals surface area contributed by atoms with E-state index in [0.717, 1.165) is 37.5 Å². The van der Waals surface area contributed by atoms with Gasteiger partial charge in [0, 0.05) is 17.5 Å². The summed E-state index contributed by atoms with van der Waals surface area (Å²) in [5, 5.41) is 3.98. The number of nitrogens with zero attached hydrogens (tertiary/aromatic N) is 1. The van der Waals surface area contributed by atoms with E-state index in [1.54, 1.807) is 0 Å². The number of piperidine rings is 1. The summed E-state index contributed by atoms with van der Waals surface area (Å²) >= 11 is 5.95. The van der Waals surface area contributed by atoms with Crippen LogP contribution in [0, 0.1) is 19.8 Å². The van der Waals surface area contributed by atoms with Crippen molar-refractivity contribution in [2.75, 3.05) is 13.1 Å². The second kappa shape index (κ2) is 8.90. The monoisotopic (exact) mass is 384 g/mol. The number of benzene rings is 2. The molecule has 0 aliphatic carbocycles. The highest BCUT2D eigenvalue weighted by Gasteiger charge is 2.26. The molecule has 1 aliphatic heterocycles. The molecule has 0 spiro atoms. The van der Waals surface area contributed by atoms with E-state index in [2.05, 4.69) is 61.3 Å². The fourth-order valence-corrected chi connectivity index (χ4v) is 3.78. The molecule has 1 saturated heterocycles. The number of nitrogens with one attached hydrogen (secondary N) is 1. The Hall–Kier alpha value is -1.84. The standard InChI is InChI=1S/C23H29ClN2O/c1-16-4-7-21(14-17(16)2)18(3)25-23(27)20-10-12-26(13-11-20)15-19-5-8-22(24)9-6-19/h4-9,14,18,20H,10-13,15H2,1-3H3,(H,25,27)/t18-/m0/s1. The van der Waals surface area contributed by atoms with Crippen LogP contribution in [0.1, 0.15) is 48.1 Å². The minimum Gasteiger partial charge on any atom is -0.349 e. The van der Waals surface area contributed by atoms with Crippen LogP contribution in [0.15, 0.2) is 42.5 Å². The maximum Gasteiger partial charge on any atom is 0.223 e. The van der Waals surface area contributed by atoms with Crippen molar-refractivity contribution in [3.63, 3.8) is 0 Å².